The summed E-state index contributed by atoms with van der Waals surface area (Å²) in [6.07, 6.45) is 8.38. The monoisotopic (exact) mass is 270 g/mol. The minimum Gasteiger partial charge on any atom is -0.309 e. The van der Waals surface area contributed by atoms with Crippen molar-refractivity contribution in [2.24, 2.45) is 0 Å². The number of fused-ring (bicyclic) bond motifs is 1. The van der Waals surface area contributed by atoms with E-state index < -0.39 is 0 Å². The van der Waals surface area contributed by atoms with Gasteiger partial charge in [0.15, 0.2) is 0 Å². The lowest BCUT2D eigenvalue weighted by molar-refractivity contribution is 0.0928. The Bertz CT molecular complexity index is 471. The molecule has 0 radical (unpaired) electrons. The summed E-state index contributed by atoms with van der Waals surface area (Å²) in [5.41, 5.74) is 3.66. The Balaban J connectivity index is 1.40. The lowest BCUT2D eigenvalue weighted by atomic mass is 9.76. The second kappa shape index (κ2) is 5.16. The third kappa shape index (κ3) is 2.29. The van der Waals surface area contributed by atoms with Gasteiger partial charge < -0.3 is 5.32 Å². The summed E-state index contributed by atoms with van der Waals surface area (Å²) in [6, 6.07) is 9.01. The first-order chi connectivity index (χ1) is 9.85. The van der Waals surface area contributed by atoms with Gasteiger partial charge in [0.2, 0.25) is 0 Å². The molecule has 1 atom stereocenters. The quantitative estimate of drug-likeness (QED) is 0.889. The molecule has 1 spiro atoms. The molecule has 20 heavy (non-hydrogen) atoms. The molecule has 1 aromatic carbocycles. The van der Waals surface area contributed by atoms with Crippen molar-refractivity contribution in [2.45, 2.75) is 50.0 Å². The van der Waals surface area contributed by atoms with E-state index in [1.54, 1.807) is 11.1 Å². The molecular weight excluding hydrogens is 244 g/mol. The standard InChI is InChI=1S/C18H26N2/c1-4-8-18(9-5-1)14-20(11-10-19-18)13-16-12-15-6-2-3-7-17(15)16/h2-3,6-7,16,19H,1,4-5,8-14H2. The van der Waals surface area contributed by atoms with E-state index in [2.05, 4.69) is 34.5 Å². The fraction of sp³-hybridized carbons (Fsp3) is 0.667. The first kappa shape index (κ1) is 12.8. The average molecular weight is 270 g/mol. The Morgan fingerprint density at radius 3 is 2.85 bits per heavy atom. The van der Waals surface area contributed by atoms with Gasteiger partial charge in [0.25, 0.3) is 0 Å². The van der Waals surface area contributed by atoms with E-state index in [1.165, 1.54) is 64.7 Å². The highest BCUT2D eigenvalue weighted by Gasteiger charge is 2.37. The summed E-state index contributed by atoms with van der Waals surface area (Å²) < 4.78 is 0. The molecule has 3 aliphatic rings. The molecule has 0 amide bonds. The summed E-state index contributed by atoms with van der Waals surface area (Å²) >= 11 is 0. The van der Waals surface area contributed by atoms with Crippen LogP contribution in [0.4, 0.5) is 0 Å². The van der Waals surface area contributed by atoms with Crippen LogP contribution in [-0.4, -0.2) is 36.6 Å². The van der Waals surface area contributed by atoms with Gasteiger partial charge in [-0.05, 0) is 30.4 Å². The highest BCUT2D eigenvalue weighted by molar-refractivity contribution is 5.40. The molecule has 108 valence electrons. The highest BCUT2D eigenvalue weighted by atomic mass is 15.2. The number of hydrogen-bond acceptors (Lipinski definition) is 2. The zero-order chi connectivity index (χ0) is 13.4. The van der Waals surface area contributed by atoms with E-state index in [0.29, 0.717) is 5.54 Å². The van der Waals surface area contributed by atoms with Gasteiger partial charge in [0.05, 0.1) is 0 Å². The van der Waals surface area contributed by atoms with Crippen molar-refractivity contribution < 1.29 is 0 Å². The van der Waals surface area contributed by atoms with Crippen LogP contribution in [0.1, 0.15) is 49.1 Å². The van der Waals surface area contributed by atoms with Crippen molar-refractivity contribution in [1.82, 2.24) is 10.2 Å². The first-order valence-electron chi connectivity index (χ1n) is 8.40. The van der Waals surface area contributed by atoms with Crippen molar-refractivity contribution in [3.8, 4) is 0 Å². The molecule has 2 nitrogen and oxygen atoms in total. The molecule has 1 heterocycles. The zero-order valence-corrected chi connectivity index (χ0v) is 12.4. The summed E-state index contributed by atoms with van der Waals surface area (Å²) in [7, 11) is 0. The maximum Gasteiger partial charge on any atom is 0.0309 e. The number of hydrogen-bond donors (Lipinski definition) is 1. The third-order valence-corrected chi connectivity index (χ3v) is 5.70. The maximum atomic E-state index is 3.85. The van der Waals surface area contributed by atoms with Crippen LogP contribution in [0.5, 0.6) is 0 Å². The van der Waals surface area contributed by atoms with Crippen molar-refractivity contribution in [3.63, 3.8) is 0 Å². The SMILES string of the molecule is c1ccc2c(c1)CC2CN1CCNC2(CCCCC2)C1. The predicted molar refractivity (Wildman–Crippen MR) is 83.1 cm³/mol. The number of piperazine rings is 1. The first-order valence-corrected chi connectivity index (χ1v) is 8.40. The van der Waals surface area contributed by atoms with Crippen molar-refractivity contribution >= 4 is 0 Å². The largest absolute Gasteiger partial charge is 0.309 e. The molecule has 0 bridgehead atoms. The summed E-state index contributed by atoms with van der Waals surface area (Å²) in [6.45, 7) is 4.99. The Morgan fingerprint density at radius 2 is 2.00 bits per heavy atom. The average Bonchev–Trinajstić information content (AvgIpc) is 2.46. The lowest BCUT2D eigenvalue weighted by Gasteiger charge is -2.47. The molecule has 1 N–H and O–H groups in total. The Labute approximate surface area is 122 Å². The molecule has 1 unspecified atom stereocenters. The second-order valence-electron chi connectivity index (χ2n) is 7.10. The van der Waals surface area contributed by atoms with E-state index in [-0.39, 0.29) is 0 Å². The summed E-state index contributed by atoms with van der Waals surface area (Å²) in [4.78, 5) is 2.74. The van der Waals surface area contributed by atoms with Crippen LogP contribution in [-0.2, 0) is 6.42 Å². The molecule has 1 saturated carbocycles. The Hall–Kier alpha value is -0.860. The normalized spacial score (nSPS) is 28.9. The maximum absolute atomic E-state index is 3.85. The lowest BCUT2D eigenvalue weighted by Crippen LogP contribution is -2.61. The molecule has 2 fully saturated rings. The zero-order valence-electron chi connectivity index (χ0n) is 12.4. The van der Waals surface area contributed by atoms with Gasteiger partial charge in [-0.15, -0.1) is 0 Å². The molecule has 0 aromatic heterocycles. The van der Waals surface area contributed by atoms with Crippen LogP contribution in [0, 0.1) is 0 Å². The van der Waals surface area contributed by atoms with Gasteiger partial charge in [0, 0.05) is 37.6 Å². The summed E-state index contributed by atoms with van der Waals surface area (Å²) in [5.74, 6) is 0.796. The highest BCUT2D eigenvalue weighted by Crippen LogP contribution is 2.37. The van der Waals surface area contributed by atoms with E-state index in [9.17, 15) is 0 Å². The van der Waals surface area contributed by atoms with E-state index in [0.717, 1.165) is 5.92 Å². The molecule has 4 rings (SSSR count). The molecule has 1 saturated heterocycles. The van der Waals surface area contributed by atoms with E-state index in [1.807, 2.05) is 0 Å². The van der Waals surface area contributed by atoms with Crippen molar-refractivity contribution in [1.29, 1.82) is 0 Å². The van der Waals surface area contributed by atoms with Crippen LogP contribution < -0.4 is 5.32 Å². The molecule has 2 aliphatic carbocycles. The Morgan fingerprint density at radius 1 is 1.15 bits per heavy atom. The minimum absolute atomic E-state index is 0.458. The molecule has 1 aromatic rings. The Kier molecular flexibility index (Phi) is 3.31. The third-order valence-electron chi connectivity index (χ3n) is 5.70. The topological polar surface area (TPSA) is 15.3 Å². The number of benzene rings is 1. The fourth-order valence-electron chi connectivity index (χ4n) is 4.60. The van der Waals surface area contributed by atoms with Crippen molar-refractivity contribution in [2.75, 3.05) is 26.2 Å². The van der Waals surface area contributed by atoms with Crippen LogP contribution in [0.2, 0.25) is 0 Å². The van der Waals surface area contributed by atoms with Gasteiger partial charge in [-0.2, -0.15) is 0 Å². The van der Waals surface area contributed by atoms with Crippen LogP contribution >= 0.6 is 0 Å². The van der Waals surface area contributed by atoms with E-state index >= 15 is 0 Å². The predicted octanol–water partition coefficient (Wildman–Crippen LogP) is 2.93. The van der Waals surface area contributed by atoms with Crippen molar-refractivity contribution in [3.05, 3.63) is 35.4 Å². The van der Waals surface area contributed by atoms with Gasteiger partial charge in [-0.25, -0.2) is 0 Å². The summed E-state index contributed by atoms with van der Waals surface area (Å²) in [5, 5.41) is 3.85. The number of nitrogens with one attached hydrogen (secondary N) is 1. The number of nitrogens with zero attached hydrogens (tertiary/aromatic N) is 1. The van der Waals surface area contributed by atoms with Crippen LogP contribution in [0.25, 0.3) is 0 Å². The van der Waals surface area contributed by atoms with Gasteiger partial charge in [-0.1, -0.05) is 43.5 Å². The van der Waals surface area contributed by atoms with Gasteiger partial charge >= 0.3 is 0 Å². The molecule has 1 aliphatic heterocycles. The molecule has 2 heteroatoms. The smallest absolute Gasteiger partial charge is 0.0309 e. The number of rotatable bonds is 2. The molecular formula is C18H26N2. The van der Waals surface area contributed by atoms with Gasteiger partial charge in [-0.3, -0.25) is 4.90 Å². The van der Waals surface area contributed by atoms with E-state index in [4.69, 9.17) is 0 Å². The van der Waals surface area contributed by atoms with Gasteiger partial charge in [0.1, 0.15) is 0 Å². The second-order valence-corrected chi connectivity index (χ2v) is 7.10. The fourth-order valence-corrected chi connectivity index (χ4v) is 4.60. The van der Waals surface area contributed by atoms with Crippen LogP contribution in [0.15, 0.2) is 24.3 Å². The van der Waals surface area contributed by atoms with Crippen LogP contribution in [0.3, 0.4) is 0 Å². The minimum atomic E-state index is 0.458.